The van der Waals surface area contributed by atoms with Crippen LogP contribution in [0.15, 0.2) is 46.9 Å². The second kappa shape index (κ2) is 9.10. The number of carbonyl (C=O) groups is 2. The van der Waals surface area contributed by atoms with Crippen molar-refractivity contribution in [1.29, 1.82) is 0 Å². The Kier molecular flexibility index (Phi) is 6.57. The predicted molar refractivity (Wildman–Crippen MR) is 110 cm³/mol. The van der Waals surface area contributed by atoms with Crippen molar-refractivity contribution in [2.24, 2.45) is 0 Å². The van der Waals surface area contributed by atoms with Crippen molar-refractivity contribution in [1.82, 2.24) is 9.80 Å². The van der Waals surface area contributed by atoms with Gasteiger partial charge in [-0.1, -0.05) is 15.9 Å². The predicted octanol–water partition coefficient (Wildman–Crippen LogP) is 3.22. The first-order chi connectivity index (χ1) is 13.4. The summed E-state index contributed by atoms with van der Waals surface area (Å²) in [5.41, 5.74) is 1.55. The Morgan fingerprint density at radius 3 is 2.32 bits per heavy atom. The van der Waals surface area contributed by atoms with Crippen LogP contribution in [0, 0.1) is 6.92 Å². The van der Waals surface area contributed by atoms with Crippen LogP contribution in [0.25, 0.3) is 0 Å². The number of amides is 2. The quantitative estimate of drug-likeness (QED) is 0.765. The monoisotopic (exact) mass is 446 g/mol. The van der Waals surface area contributed by atoms with E-state index in [9.17, 15) is 14.7 Å². The van der Waals surface area contributed by atoms with Crippen LogP contribution >= 0.6 is 15.9 Å². The van der Waals surface area contributed by atoms with Gasteiger partial charge in [0.05, 0.1) is 13.0 Å². The highest BCUT2D eigenvalue weighted by Gasteiger charge is 2.24. The summed E-state index contributed by atoms with van der Waals surface area (Å²) in [4.78, 5) is 28.4. The Bertz CT molecular complexity index is 846. The average Bonchev–Trinajstić information content (AvgIpc) is 2.69. The minimum Gasteiger partial charge on any atom is -0.508 e. The third-order valence-electron chi connectivity index (χ3n) is 4.74. The second-order valence-corrected chi connectivity index (χ2v) is 7.64. The molecule has 0 saturated carbocycles. The molecule has 0 atom stereocenters. The molecule has 2 amide bonds. The number of aryl methyl sites for hydroxylation is 1. The number of piperazine rings is 1. The van der Waals surface area contributed by atoms with Crippen LogP contribution in [0.1, 0.15) is 22.3 Å². The molecule has 0 unspecified atom stereocenters. The molecule has 3 rings (SSSR count). The molecule has 0 radical (unpaired) electrons. The Morgan fingerprint density at radius 1 is 1.04 bits per heavy atom. The van der Waals surface area contributed by atoms with E-state index in [0.29, 0.717) is 44.8 Å². The first-order valence-electron chi connectivity index (χ1n) is 9.19. The van der Waals surface area contributed by atoms with Gasteiger partial charge in [-0.15, -0.1) is 0 Å². The lowest BCUT2D eigenvalue weighted by Crippen LogP contribution is -2.50. The molecule has 148 valence electrons. The van der Waals surface area contributed by atoms with Crippen LogP contribution in [0.4, 0.5) is 0 Å². The number of halogens is 1. The Morgan fingerprint density at radius 2 is 1.68 bits per heavy atom. The molecule has 1 N–H and O–H groups in total. The number of ether oxygens (including phenoxy) is 1. The zero-order valence-corrected chi connectivity index (χ0v) is 17.3. The van der Waals surface area contributed by atoms with E-state index in [1.165, 1.54) is 12.1 Å². The van der Waals surface area contributed by atoms with Crippen LogP contribution in [0.3, 0.4) is 0 Å². The fraction of sp³-hybridized carbons (Fsp3) is 0.333. The Labute approximate surface area is 172 Å². The number of hydrogen-bond donors (Lipinski definition) is 1. The zero-order valence-electron chi connectivity index (χ0n) is 15.7. The van der Waals surface area contributed by atoms with Crippen molar-refractivity contribution >= 4 is 27.7 Å². The van der Waals surface area contributed by atoms with Gasteiger partial charge in [-0.25, -0.2) is 0 Å². The number of nitrogens with zero attached hydrogens (tertiary/aromatic N) is 2. The number of rotatable bonds is 5. The van der Waals surface area contributed by atoms with Gasteiger partial charge in [0.15, 0.2) is 0 Å². The van der Waals surface area contributed by atoms with Gasteiger partial charge < -0.3 is 19.6 Å². The van der Waals surface area contributed by atoms with Crippen molar-refractivity contribution in [3.63, 3.8) is 0 Å². The minimum absolute atomic E-state index is 0.0338. The second-order valence-electron chi connectivity index (χ2n) is 6.73. The molecular weight excluding hydrogens is 424 g/mol. The molecule has 6 nitrogen and oxygen atoms in total. The number of phenols is 1. The van der Waals surface area contributed by atoms with Crippen LogP contribution in [0.2, 0.25) is 0 Å². The minimum atomic E-state index is -0.0823. The molecule has 1 saturated heterocycles. The summed E-state index contributed by atoms with van der Waals surface area (Å²) < 4.78 is 6.72. The van der Waals surface area contributed by atoms with E-state index < -0.39 is 0 Å². The number of aromatic hydroxyl groups is 1. The zero-order chi connectivity index (χ0) is 20.1. The SMILES string of the molecule is Cc1cc(Br)ccc1OCCC(=O)N1CCN(C(=O)c2ccc(O)cc2)CC1. The average molecular weight is 447 g/mol. The fourth-order valence-corrected chi connectivity index (χ4v) is 3.60. The van der Waals surface area contributed by atoms with Crippen molar-refractivity contribution in [2.45, 2.75) is 13.3 Å². The van der Waals surface area contributed by atoms with Gasteiger partial charge in [0.2, 0.25) is 5.91 Å². The highest BCUT2D eigenvalue weighted by atomic mass is 79.9. The van der Waals surface area contributed by atoms with Gasteiger partial charge in [-0.3, -0.25) is 9.59 Å². The highest BCUT2D eigenvalue weighted by molar-refractivity contribution is 9.10. The van der Waals surface area contributed by atoms with Crippen molar-refractivity contribution in [3.8, 4) is 11.5 Å². The Balaban J connectivity index is 1.44. The van der Waals surface area contributed by atoms with Crippen LogP contribution in [-0.2, 0) is 4.79 Å². The summed E-state index contributed by atoms with van der Waals surface area (Å²) in [5.74, 6) is 0.862. The van der Waals surface area contributed by atoms with Gasteiger partial charge >= 0.3 is 0 Å². The summed E-state index contributed by atoms with van der Waals surface area (Å²) in [7, 11) is 0. The number of benzene rings is 2. The van der Waals surface area contributed by atoms with Crippen molar-refractivity contribution in [3.05, 3.63) is 58.1 Å². The maximum atomic E-state index is 12.5. The lowest BCUT2D eigenvalue weighted by Gasteiger charge is -2.35. The third-order valence-corrected chi connectivity index (χ3v) is 5.24. The summed E-state index contributed by atoms with van der Waals surface area (Å²) >= 11 is 3.42. The summed E-state index contributed by atoms with van der Waals surface area (Å²) in [6, 6.07) is 12.0. The molecular formula is C21H23BrN2O4. The van der Waals surface area contributed by atoms with Crippen molar-refractivity contribution < 1.29 is 19.4 Å². The first kappa shape index (κ1) is 20.2. The normalized spacial score (nSPS) is 14.1. The lowest BCUT2D eigenvalue weighted by atomic mass is 10.1. The summed E-state index contributed by atoms with van der Waals surface area (Å²) in [5, 5.41) is 9.33. The van der Waals surface area contributed by atoms with E-state index >= 15 is 0 Å². The van der Waals surface area contributed by atoms with Crippen LogP contribution in [0.5, 0.6) is 11.5 Å². The first-order valence-corrected chi connectivity index (χ1v) is 9.98. The molecule has 1 heterocycles. The van der Waals surface area contributed by atoms with Gasteiger partial charge in [0.1, 0.15) is 11.5 Å². The molecule has 0 bridgehead atoms. The molecule has 2 aromatic rings. The van der Waals surface area contributed by atoms with Gasteiger partial charge in [-0.05, 0) is 55.0 Å². The molecule has 7 heteroatoms. The maximum absolute atomic E-state index is 12.5. The van der Waals surface area contributed by atoms with E-state index in [-0.39, 0.29) is 17.6 Å². The standard InChI is InChI=1S/C21H23BrN2O4/c1-15-14-17(22)4-7-19(15)28-13-8-20(26)23-9-11-24(12-10-23)21(27)16-2-5-18(25)6-3-16/h2-7,14,25H,8-13H2,1H3. The molecule has 1 aliphatic rings. The molecule has 0 aliphatic carbocycles. The smallest absolute Gasteiger partial charge is 0.253 e. The molecule has 28 heavy (non-hydrogen) atoms. The maximum Gasteiger partial charge on any atom is 0.253 e. The summed E-state index contributed by atoms with van der Waals surface area (Å²) in [6.07, 6.45) is 0.307. The molecule has 1 aliphatic heterocycles. The van der Waals surface area contributed by atoms with Crippen LogP contribution in [-0.4, -0.2) is 59.5 Å². The lowest BCUT2D eigenvalue weighted by molar-refractivity contribution is -0.133. The Hall–Kier alpha value is -2.54. The molecule has 2 aromatic carbocycles. The fourth-order valence-electron chi connectivity index (χ4n) is 3.13. The largest absolute Gasteiger partial charge is 0.508 e. The van der Waals surface area contributed by atoms with Gasteiger partial charge in [-0.2, -0.15) is 0 Å². The molecule has 1 fully saturated rings. The molecule has 0 aromatic heterocycles. The molecule has 0 spiro atoms. The van der Waals surface area contributed by atoms with E-state index in [4.69, 9.17) is 4.74 Å². The number of phenolic OH excluding ortho intramolecular Hbond substituents is 1. The topological polar surface area (TPSA) is 70.1 Å². The van der Waals surface area contributed by atoms with Crippen LogP contribution < -0.4 is 4.74 Å². The summed E-state index contributed by atoms with van der Waals surface area (Å²) in [6.45, 7) is 4.32. The highest BCUT2D eigenvalue weighted by Crippen LogP contribution is 2.22. The number of hydrogen-bond acceptors (Lipinski definition) is 4. The van der Waals surface area contributed by atoms with Gasteiger partial charge in [0, 0.05) is 36.2 Å². The number of carbonyl (C=O) groups excluding carboxylic acids is 2. The van der Waals surface area contributed by atoms with Gasteiger partial charge in [0.25, 0.3) is 5.91 Å². The van der Waals surface area contributed by atoms with E-state index in [1.807, 2.05) is 25.1 Å². The van der Waals surface area contributed by atoms with E-state index in [2.05, 4.69) is 15.9 Å². The van der Waals surface area contributed by atoms with Crippen molar-refractivity contribution in [2.75, 3.05) is 32.8 Å². The van der Waals surface area contributed by atoms with E-state index in [0.717, 1.165) is 15.8 Å². The van der Waals surface area contributed by atoms with E-state index in [1.54, 1.807) is 21.9 Å². The third kappa shape index (κ3) is 5.04.